The minimum absolute atomic E-state index is 0.0797. The number of hydrogen-bond acceptors (Lipinski definition) is 5. The zero-order chi connectivity index (χ0) is 27.9. The van der Waals surface area contributed by atoms with Crippen LogP contribution < -0.4 is 15.4 Å². The third-order valence-electron chi connectivity index (χ3n) is 6.99. The van der Waals surface area contributed by atoms with E-state index in [-0.39, 0.29) is 21.5 Å². The van der Waals surface area contributed by atoms with Crippen molar-refractivity contribution in [3.63, 3.8) is 0 Å². The molecule has 5 nitrogen and oxygen atoms in total. The first kappa shape index (κ1) is 28.6. The maximum absolute atomic E-state index is 14.1. The van der Waals surface area contributed by atoms with Gasteiger partial charge in [-0.15, -0.1) is 11.3 Å². The quantitative estimate of drug-likeness (QED) is 0.248. The van der Waals surface area contributed by atoms with E-state index in [4.69, 9.17) is 4.74 Å². The van der Waals surface area contributed by atoms with Crippen LogP contribution >= 0.6 is 11.3 Å². The average Bonchev–Trinajstić information content (AvgIpc) is 3.33. The molecule has 1 saturated carbocycles. The number of hydrogen-bond donors (Lipinski definition) is 2. The smallest absolute Gasteiger partial charge is 0.261 e. The molecule has 0 radical (unpaired) electrons. The molecule has 2 aromatic carbocycles. The molecule has 1 fully saturated rings. The SMILES string of the molecule is CNC1CCCCC1.COc1ccc(-c2cccnc2F)cc1CNC(=O)c1sc2c(F)ccc(F)c2c1C. The zero-order valence-electron chi connectivity index (χ0n) is 22.2. The molecule has 1 aliphatic rings. The number of nitrogens with one attached hydrogen (secondary N) is 2. The number of nitrogens with zero attached hydrogens (tertiary/aromatic N) is 1. The second-order valence-electron chi connectivity index (χ2n) is 9.46. The molecule has 5 rings (SSSR count). The number of halogens is 3. The fourth-order valence-corrected chi connectivity index (χ4v) is 5.97. The lowest BCUT2D eigenvalue weighted by Crippen LogP contribution is -2.26. The fourth-order valence-electron chi connectivity index (χ4n) is 4.82. The molecule has 2 aromatic heterocycles. The predicted octanol–water partition coefficient (Wildman–Crippen LogP) is 7.17. The highest BCUT2D eigenvalue weighted by molar-refractivity contribution is 7.21. The van der Waals surface area contributed by atoms with E-state index in [2.05, 4.69) is 22.7 Å². The van der Waals surface area contributed by atoms with Crippen molar-refractivity contribution in [2.24, 2.45) is 0 Å². The Morgan fingerprint density at radius 3 is 2.46 bits per heavy atom. The van der Waals surface area contributed by atoms with Crippen molar-refractivity contribution in [3.8, 4) is 16.9 Å². The number of pyridine rings is 1. The summed E-state index contributed by atoms with van der Waals surface area (Å²) in [5.41, 5.74) is 1.90. The summed E-state index contributed by atoms with van der Waals surface area (Å²) in [4.78, 5) is 16.7. The highest BCUT2D eigenvalue weighted by Crippen LogP contribution is 2.35. The molecular formula is C30H32F3N3O2S. The number of amides is 1. The number of benzene rings is 2. The molecule has 9 heteroatoms. The summed E-state index contributed by atoms with van der Waals surface area (Å²) in [6, 6.07) is 11.3. The third-order valence-corrected chi connectivity index (χ3v) is 8.29. The van der Waals surface area contributed by atoms with Gasteiger partial charge in [-0.3, -0.25) is 4.79 Å². The summed E-state index contributed by atoms with van der Waals surface area (Å²) >= 11 is 0.904. The van der Waals surface area contributed by atoms with Crippen LogP contribution in [0.1, 0.15) is 52.9 Å². The van der Waals surface area contributed by atoms with Crippen LogP contribution in [0, 0.1) is 24.5 Å². The molecule has 1 amide bonds. The molecule has 4 aromatic rings. The maximum Gasteiger partial charge on any atom is 0.261 e. The number of methoxy groups -OCH3 is 1. The van der Waals surface area contributed by atoms with Gasteiger partial charge in [0.2, 0.25) is 5.95 Å². The van der Waals surface area contributed by atoms with Gasteiger partial charge in [0.15, 0.2) is 0 Å². The summed E-state index contributed by atoms with van der Waals surface area (Å²) in [6.45, 7) is 1.67. The number of thiophene rings is 1. The average molecular weight is 556 g/mol. The topological polar surface area (TPSA) is 63.2 Å². The Kier molecular flexibility index (Phi) is 9.59. The van der Waals surface area contributed by atoms with Crippen LogP contribution in [0.15, 0.2) is 48.7 Å². The number of aryl methyl sites for hydroxylation is 1. The van der Waals surface area contributed by atoms with Gasteiger partial charge < -0.3 is 15.4 Å². The van der Waals surface area contributed by atoms with Crippen LogP contribution in [0.25, 0.3) is 21.2 Å². The minimum atomic E-state index is -0.604. The van der Waals surface area contributed by atoms with Crippen molar-refractivity contribution in [1.29, 1.82) is 0 Å². The Hall–Kier alpha value is -3.43. The first-order valence-corrected chi connectivity index (χ1v) is 13.8. The number of fused-ring (bicyclic) bond motifs is 1. The highest BCUT2D eigenvalue weighted by Gasteiger charge is 2.20. The highest BCUT2D eigenvalue weighted by atomic mass is 32.1. The lowest BCUT2D eigenvalue weighted by molar-refractivity contribution is 0.0954. The molecule has 0 saturated heterocycles. The first-order chi connectivity index (χ1) is 18.8. The molecule has 1 aliphatic carbocycles. The van der Waals surface area contributed by atoms with Gasteiger partial charge in [-0.25, -0.2) is 13.8 Å². The van der Waals surface area contributed by atoms with Crippen molar-refractivity contribution < 1.29 is 22.7 Å². The van der Waals surface area contributed by atoms with E-state index < -0.39 is 23.5 Å². The summed E-state index contributed by atoms with van der Waals surface area (Å²) < 4.78 is 47.7. The minimum Gasteiger partial charge on any atom is -0.496 e. The lowest BCUT2D eigenvalue weighted by Gasteiger charge is -2.20. The maximum atomic E-state index is 14.1. The van der Waals surface area contributed by atoms with Gasteiger partial charge in [0.25, 0.3) is 5.91 Å². The van der Waals surface area contributed by atoms with Gasteiger partial charge in [0.05, 0.1) is 16.7 Å². The molecule has 0 unspecified atom stereocenters. The van der Waals surface area contributed by atoms with Crippen molar-refractivity contribution in [3.05, 3.63) is 82.2 Å². The molecule has 2 heterocycles. The van der Waals surface area contributed by atoms with Gasteiger partial charge in [-0.05, 0) is 74.3 Å². The van der Waals surface area contributed by atoms with E-state index >= 15 is 0 Å². The molecule has 39 heavy (non-hydrogen) atoms. The molecule has 0 bridgehead atoms. The van der Waals surface area contributed by atoms with Gasteiger partial charge in [-0.1, -0.05) is 25.3 Å². The summed E-state index contributed by atoms with van der Waals surface area (Å²) in [6.07, 6.45) is 8.49. The molecule has 0 aliphatic heterocycles. The molecule has 0 atom stereocenters. The van der Waals surface area contributed by atoms with Crippen molar-refractivity contribution in [1.82, 2.24) is 15.6 Å². The van der Waals surface area contributed by atoms with Crippen LogP contribution in [0.5, 0.6) is 5.75 Å². The Morgan fingerprint density at radius 1 is 1.08 bits per heavy atom. The number of aromatic nitrogens is 1. The van der Waals surface area contributed by atoms with Crippen molar-refractivity contribution >= 4 is 27.3 Å². The van der Waals surface area contributed by atoms with E-state index in [1.54, 1.807) is 37.3 Å². The molecule has 206 valence electrons. The molecular weight excluding hydrogens is 523 g/mol. The fraction of sp³-hybridized carbons (Fsp3) is 0.333. The third kappa shape index (κ3) is 6.59. The lowest BCUT2D eigenvalue weighted by atomic mass is 9.96. The van der Waals surface area contributed by atoms with E-state index in [1.807, 2.05) is 0 Å². The Morgan fingerprint density at radius 2 is 1.82 bits per heavy atom. The van der Waals surface area contributed by atoms with Crippen LogP contribution in [-0.2, 0) is 6.54 Å². The number of carbonyl (C=O) groups excluding carboxylic acids is 1. The van der Waals surface area contributed by atoms with E-state index in [9.17, 15) is 18.0 Å². The normalized spacial score (nSPS) is 13.6. The van der Waals surface area contributed by atoms with Gasteiger partial charge >= 0.3 is 0 Å². The number of ether oxygens (including phenoxy) is 1. The summed E-state index contributed by atoms with van der Waals surface area (Å²) in [5, 5.41) is 6.18. The molecule has 0 spiro atoms. The Balaban J connectivity index is 0.000000379. The zero-order valence-corrected chi connectivity index (χ0v) is 23.1. The second-order valence-corrected chi connectivity index (χ2v) is 10.5. The van der Waals surface area contributed by atoms with Crippen LogP contribution in [0.2, 0.25) is 0 Å². The van der Waals surface area contributed by atoms with Crippen molar-refractivity contribution in [2.75, 3.05) is 14.2 Å². The summed E-state index contributed by atoms with van der Waals surface area (Å²) in [5.74, 6) is -1.70. The predicted molar refractivity (Wildman–Crippen MR) is 150 cm³/mol. The van der Waals surface area contributed by atoms with E-state index in [1.165, 1.54) is 45.4 Å². The second kappa shape index (κ2) is 13.1. The summed E-state index contributed by atoms with van der Waals surface area (Å²) in [7, 11) is 3.56. The van der Waals surface area contributed by atoms with E-state index in [0.717, 1.165) is 29.5 Å². The first-order valence-electron chi connectivity index (χ1n) is 12.9. The van der Waals surface area contributed by atoms with Crippen LogP contribution in [-0.4, -0.2) is 31.1 Å². The van der Waals surface area contributed by atoms with Gasteiger partial charge in [0.1, 0.15) is 17.4 Å². The standard InChI is InChI=1S/C23H17F3N2O2S.C7H15N/c1-12-19-16(24)6-7-17(25)21(19)31-20(12)23(29)28-11-14-10-13(5-8-18(14)30-2)15-4-3-9-27-22(15)26;1-8-7-5-3-2-4-6-7/h3-10H,11H2,1-2H3,(H,28,29);7-8H,2-6H2,1H3. The van der Waals surface area contributed by atoms with E-state index in [0.29, 0.717) is 28.0 Å². The Labute approximate surface area is 230 Å². The van der Waals surface area contributed by atoms with Crippen LogP contribution in [0.3, 0.4) is 0 Å². The van der Waals surface area contributed by atoms with Crippen molar-refractivity contribution in [2.45, 2.75) is 51.6 Å². The monoisotopic (exact) mass is 555 g/mol. The molecule has 2 N–H and O–H groups in total. The largest absolute Gasteiger partial charge is 0.496 e. The van der Waals surface area contributed by atoms with Crippen LogP contribution in [0.4, 0.5) is 13.2 Å². The van der Waals surface area contributed by atoms with Gasteiger partial charge in [0, 0.05) is 35.3 Å². The number of rotatable bonds is 6. The van der Waals surface area contributed by atoms with Gasteiger partial charge in [-0.2, -0.15) is 4.39 Å². The number of carbonyl (C=O) groups is 1. The Bertz CT molecular complexity index is 1450.